The second-order valence-corrected chi connectivity index (χ2v) is 8.44. The van der Waals surface area contributed by atoms with Crippen molar-refractivity contribution in [1.29, 1.82) is 0 Å². The summed E-state index contributed by atoms with van der Waals surface area (Å²) >= 11 is 5.97. The molecule has 6 nitrogen and oxygen atoms in total. The van der Waals surface area contributed by atoms with Crippen molar-refractivity contribution in [3.63, 3.8) is 0 Å². The number of esters is 1. The molecule has 2 rings (SSSR count). The fourth-order valence-electron chi connectivity index (χ4n) is 2.48. The van der Waals surface area contributed by atoms with Crippen LogP contribution >= 0.6 is 11.6 Å². The van der Waals surface area contributed by atoms with Crippen LogP contribution in [-0.4, -0.2) is 33.8 Å². The van der Waals surface area contributed by atoms with Crippen molar-refractivity contribution in [3.8, 4) is 0 Å². The van der Waals surface area contributed by atoms with Gasteiger partial charge in [0, 0.05) is 5.56 Å². The zero-order chi connectivity index (χ0) is 20.7. The summed E-state index contributed by atoms with van der Waals surface area (Å²) in [5, 5.41) is 0.0350. The van der Waals surface area contributed by atoms with Crippen molar-refractivity contribution in [2.75, 3.05) is 13.7 Å². The minimum atomic E-state index is -3.74. The van der Waals surface area contributed by atoms with E-state index >= 15 is 0 Å². The molecule has 0 saturated carbocycles. The van der Waals surface area contributed by atoms with E-state index in [9.17, 15) is 18.0 Å². The Labute approximate surface area is 169 Å². The van der Waals surface area contributed by atoms with Crippen LogP contribution in [-0.2, 0) is 21.2 Å². The van der Waals surface area contributed by atoms with E-state index in [-0.39, 0.29) is 21.3 Å². The Bertz CT molecular complexity index is 955. The van der Waals surface area contributed by atoms with E-state index in [1.54, 1.807) is 12.1 Å². The van der Waals surface area contributed by atoms with E-state index in [0.29, 0.717) is 5.56 Å². The van der Waals surface area contributed by atoms with Gasteiger partial charge in [-0.15, -0.1) is 0 Å². The quantitative estimate of drug-likeness (QED) is 0.491. The summed E-state index contributed by atoms with van der Waals surface area (Å²) in [6.07, 6.45) is 3.12. The van der Waals surface area contributed by atoms with Gasteiger partial charge in [-0.1, -0.05) is 49.2 Å². The first-order valence-electron chi connectivity index (χ1n) is 8.81. The van der Waals surface area contributed by atoms with Gasteiger partial charge in [-0.25, -0.2) is 17.9 Å². The molecule has 0 aliphatic carbocycles. The zero-order valence-corrected chi connectivity index (χ0v) is 17.3. The van der Waals surface area contributed by atoms with Crippen LogP contribution in [0.5, 0.6) is 0 Å². The lowest BCUT2D eigenvalue weighted by molar-refractivity contribution is 0.0474. The molecule has 0 atom stereocenters. The third-order valence-corrected chi connectivity index (χ3v) is 5.91. The average molecular weight is 424 g/mol. The summed E-state index contributed by atoms with van der Waals surface area (Å²) in [4.78, 5) is 24.4. The van der Waals surface area contributed by atoms with Crippen LogP contribution in [0.15, 0.2) is 47.4 Å². The Morgan fingerprint density at radius 2 is 1.79 bits per heavy atom. The molecule has 1 N–H and O–H groups in total. The molecule has 2 aromatic carbocycles. The predicted molar refractivity (Wildman–Crippen MR) is 107 cm³/mol. The van der Waals surface area contributed by atoms with Gasteiger partial charge in [0.15, 0.2) is 12.4 Å². The molecule has 0 fully saturated rings. The number of ether oxygens (including phenoxy) is 1. The van der Waals surface area contributed by atoms with E-state index < -0.39 is 22.6 Å². The van der Waals surface area contributed by atoms with Gasteiger partial charge >= 0.3 is 5.97 Å². The smallest absolute Gasteiger partial charge is 0.340 e. The van der Waals surface area contributed by atoms with Gasteiger partial charge in [0.1, 0.15) is 0 Å². The third-order valence-electron chi connectivity index (χ3n) is 4.17. The van der Waals surface area contributed by atoms with Crippen LogP contribution in [0.4, 0.5) is 0 Å². The second kappa shape index (κ2) is 9.82. The number of carbonyl (C=O) groups is 2. The van der Waals surface area contributed by atoms with Gasteiger partial charge < -0.3 is 4.74 Å². The molecule has 0 saturated heterocycles. The standard InChI is InChI=1S/C20H22ClNO5S/c1-3-4-5-14-6-8-15(9-7-14)19(23)13-27-20(24)17-12-16(10-11-18(17)21)28(25,26)22-2/h6-12,22H,3-5,13H2,1-2H3. The lowest BCUT2D eigenvalue weighted by atomic mass is 10.0. The number of aryl methyl sites for hydroxylation is 1. The Morgan fingerprint density at radius 1 is 1.11 bits per heavy atom. The molecule has 28 heavy (non-hydrogen) atoms. The molecule has 0 spiro atoms. The number of nitrogens with one attached hydrogen (secondary N) is 1. The summed E-state index contributed by atoms with van der Waals surface area (Å²) in [5.41, 5.74) is 1.45. The first-order chi connectivity index (χ1) is 13.3. The van der Waals surface area contributed by atoms with Crippen molar-refractivity contribution in [3.05, 3.63) is 64.2 Å². The molecule has 0 bridgehead atoms. The van der Waals surface area contributed by atoms with E-state index in [2.05, 4.69) is 11.6 Å². The Hall–Kier alpha value is -2.22. The van der Waals surface area contributed by atoms with Crippen LogP contribution < -0.4 is 4.72 Å². The summed E-state index contributed by atoms with van der Waals surface area (Å²) < 4.78 is 30.9. The first-order valence-corrected chi connectivity index (χ1v) is 10.7. The van der Waals surface area contributed by atoms with E-state index in [1.807, 2.05) is 12.1 Å². The van der Waals surface area contributed by atoms with E-state index in [4.69, 9.17) is 16.3 Å². The van der Waals surface area contributed by atoms with Crippen molar-refractivity contribution in [2.45, 2.75) is 31.1 Å². The number of hydrogen-bond acceptors (Lipinski definition) is 5. The van der Waals surface area contributed by atoms with Crippen LogP contribution in [0.2, 0.25) is 5.02 Å². The minimum absolute atomic E-state index is 0.0350. The highest BCUT2D eigenvalue weighted by Crippen LogP contribution is 2.21. The molecule has 0 unspecified atom stereocenters. The second-order valence-electron chi connectivity index (χ2n) is 6.15. The molecule has 2 aromatic rings. The summed E-state index contributed by atoms with van der Waals surface area (Å²) in [6.45, 7) is 1.65. The summed E-state index contributed by atoms with van der Waals surface area (Å²) in [5.74, 6) is -1.23. The summed E-state index contributed by atoms with van der Waals surface area (Å²) in [7, 11) is -2.48. The first kappa shape index (κ1) is 22.1. The van der Waals surface area contributed by atoms with E-state index in [1.165, 1.54) is 19.2 Å². The molecule has 8 heteroatoms. The number of hydrogen-bond donors (Lipinski definition) is 1. The van der Waals surface area contributed by atoms with Gasteiger partial charge in [0.05, 0.1) is 15.5 Å². The van der Waals surface area contributed by atoms with Crippen LogP contribution in [0.1, 0.15) is 46.0 Å². The normalized spacial score (nSPS) is 11.2. The molecule has 0 aliphatic rings. The molecule has 150 valence electrons. The van der Waals surface area contributed by atoms with Gasteiger partial charge in [0.25, 0.3) is 0 Å². The lowest BCUT2D eigenvalue weighted by Crippen LogP contribution is -2.20. The molecular formula is C20H22ClNO5S. The van der Waals surface area contributed by atoms with E-state index in [0.717, 1.165) is 30.9 Å². The Balaban J connectivity index is 2.05. The van der Waals surface area contributed by atoms with Crippen LogP contribution in [0, 0.1) is 0 Å². The zero-order valence-electron chi connectivity index (χ0n) is 15.7. The largest absolute Gasteiger partial charge is 0.454 e. The van der Waals surface area contributed by atoms with Gasteiger partial charge in [-0.05, 0) is 43.7 Å². The molecule has 0 aliphatic heterocycles. The van der Waals surface area contributed by atoms with Crippen molar-refractivity contribution >= 4 is 33.4 Å². The van der Waals surface area contributed by atoms with Crippen molar-refractivity contribution in [2.24, 2.45) is 0 Å². The molecular weight excluding hydrogens is 402 g/mol. The minimum Gasteiger partial charge on any atom is -0.454 e. The Kier molecular flexibility index (Phi) is 7.74. The maximum atomic E-state index is 12.3. The number of carbonyl (C=O) groups excluding carboxylic acids is 2. The third kappa shape index (κ3) is 5.64. The molecule has 0 heterocycles. The number of Topliss-reactive ketones (excluding diaryl/α,β-unsaturated/α-hetero) is 1. The fraction of sp³-hybridized carbons (Fsp3) is 0.300. The number of sulfonamides is 1. The number of halogens is 1. The number of ketones is 1. The summed E-state index contributed by atoms with van der Waals surface area (Å²) in [6, 6.07) is 10.8. The Morgan fingerprint density at radius 3 is 2.39 bits per heavy atom. The van der Waals surface area contributed by atoms with Gasteiger partial charge in [-0.3, -0.25) is 4.79 Å². The van der Waals surface area contributed by atoms with Crippen LogP contribution in [0.3, 0.4) is 0 Å². The number of benzene rings is 2. The SMILES string of the molecule is CCCCc1ccc(C(=O)COC(=O)c2cc(S(=O)(=O)NC)ccc2Cl)cc1. The molecule has 0 aromatic heterocycles. The highest BCUT2D eigenvalue weighted by molar-refractivity contribution is 7.89. The van der Waals surface area contributed by atoms with Crippen molar-refractivity contribution in [1.82, 2.24) is 4.72 Å². The highest BCUT2D eigenvalue weighted by atomic mass is 35.5. The fourth-order valence-corrected chi connectivity index (χ4v) is 3.43. The molecule has 0 amide bonds. The monoisotopic (exact) mass is 423 g/mol. The molecule has 0 radical (unpaired) electrons. The lowest BCUT2D eigenvalue weighted by Gasteiger charge is -2.09. The predicted octanol–water partition coefficient (Wildman–Crippen LogP) is 3.63. The maximum Gasteiger partial charge on any atom is 0.340 e. The maximum absolute atomic E-state index is 12.3. The van der Waals surface area contributed by atoms with Gasteiger partial charge in [0.2, 0.25) is 10.0 Å². The number of rotatable bonds is 9. The van der Waals surface area contributed by atoms with Crippen molar-refractivity contribution < 1.29 is 22.7 Å². The number of unbranched alkanes of at least 4 members (excludes halogenated alkanes) is 1. The van der Waals surface area contributed by atoms with Crippen LogP contribution in [0.25, 0.3) is 0 Å². The average Bonchev–Trinajstić information content (AvgIpc) is 2.70. The van der Waals surface area contributed by atoms with Gasteiger partial charge in [-0.2, -0.15) is 0 Å². The topological polar surface area (TPSA) is 89.5 Å². The highest BCUT2D eigenvalue weighted by Gasteiger charge is 2.19.